The second kappa shape index (κ2) is 5.36. The molecule has 112 valence electrons. The molecular weight excluding hydrogens is 289 g/mol. The van der Waals surface area contributed by atoms with Gasteiger partial charge in [-0.3, -0.25) is 4.68 Å². The molecule has 0 saturated heterocycles. The van der Waals surface area contributed by atoms with Gasteiger partial charge in [-0.2, -0.15) is 10.4 Å². The summed E-state index contributed by atoms with van der Waals surface area (Å²) < 4.78 is 15.1. The molecule has 23 heavy (non-hydrogen) atoms. The Labute approximate surface area is 133 Å². The highest BCUT2D eigenvalue weighted by Gasteiger charge is 2.24. The van der Waals surface area contributed by atoms with E-state index in [2.05, 4.69) is 11.2 Å². The van der Waals surface area contributed by atoms with Crippen molar-refractivity contribution < 1.29 is 4.39 Å². The van der Waals surface area contributed by atoms with Gasteiger partial charge in [-0.05, 0) is 54.3 Å². The fraction of sp³-hybridized carbons (Fsp3) is 0.158. The van der Waals surface area contributed by atoms with Crippen molar-refractivity contribution >= 4 is 0 Å². The summed E-state index contributed by atoms with van der Waals surface area (Å²) in [5.41, 5.74) is 4.07. The molecule has 1 aromatic heterocycles. The summed E-state index contributed by atoms with van der Waals surface area (Å²) in [5.74, 6) is -0.259. The Morgan fingerprint density at radius 1 is 1.04 bits per heavy atom. The Kier molecular flexibility index (Phi) is 3.20. The Bertz CT molecular complexity index is 899. The lowest BCUT2D eigenvalue weighted by Crippen LogP contribution is -1.95. The molecule has 2 aromatic carbocycles. The van der Waals surface area contributed by atoms with Crippen LogP contribution in [-0.2, 0) is 0 Å². The smallest absolute Gasteiger partial charge is 0.123 e. The molecule has 4 heteroatoms. The van der Waals surface area contributed by atoms with Gasteiger partial charge >= 0.3 is 0 Å². The number of nitriles is 1. The molecule has 0 bridgehead atoms. The van der Waals surface area contributed by atoms with Crippen LogP contribution in [0.4, 0.5) is 4.39 Å². The fourth-order valence-electron chi connectivity index (χ4n) is 2.70. The summed E-state index contributed by atoms with van der Waals surface area (Å²) in [6.45, 7) is 0. The van der Waals surface area contributed by atoms with Crippen LogP contribution in [0.15, 0.2) is 54.7 Å². The number of aromatic nitrogens is 2. The first-order valence-corrected chi connectivity index (χ1v) is 7.60. The van der Waals surface area contributed by atoms with Gasteiger partial charge in [0.25, 0.3) is 0 Å². The van der Waals surface area contributed by atoms with Gasteiger partial charge in [0.15, 0.2) is 0 Å². The molecule has 0 atom stereocenters. The molecule has 4 rings (SSSR count). The second-order valence-corrected chi connectivity index (χ2v) is 5.79. The third-order valence-electron chi connectivity index (χ3n) is 4.12. The Morgan fingerprint density at radius 3 is 2.48 bits per heavy atom. The highest BCUT2D eigenvalue weighted by Crippen LogP contribution is 2.35. The zero-order chi connectivity index (χ0) is 15.8. The van der Waals surface area contributed by atoms with Crippen molar-refractivity contribution in [2.24, 2.45) is 0 Å². The average molecular weight is 303 g/mol. The van der Waals surface area contributed by atoms with Crippen LogP contribution in [0, 0.1) is 17.1 Å². The first kappa shape index (κ1) is 13.7. The Morgan fingerprint density at radius 2 is 1.78 bits per heavy atom. The summed E-state index contributed by atoms with van der Waals surface area (Å²) >= 11 is 0. The van der Waals surface area contributed by atoms with E-state index < -0.39 is 0 Å². The molecule has 0 N–H and O–H groups in total. The zero-order valence-corrected chi connectivity index (χ0v) is 12.4. The Hall–Kier alpha value is -2.93. The summed E-state index contributed by atoms with van der Waals surface area (Å²) in [6, 6.07) is 16.7. The number of halogens is 1. The molecule has 1 aliphatic carbocycles. The van der Waals surface area contributed by atoms with E-state index in [0.29, 0.717) is 11.6 Å². The van der Waals surface area contributed by atoms with Gasteiger partial charge < -0.3 is 0 Å². The van der Waals surface area contributed by atoms with Crippen LogP contribution in [0.5, 0.6) is 0 Å². The van der Waals surface area contributed by atoms with Crippen molar-refractivity contribution in [2.45, 2.75) is 18.9 Å². The zero-order valence-electron chi connectivity index (χ0n) is 12.4. The van der Waals surface area contributed by atoms with Crippen molar-refractivity contribution in [3.63, 3.8) is 0 Å². The van der Waals surface area contributed by atoms with Crippen molar-refractivity contribution in [2.75, 3.05) is 0 Å². The van der Waals surface area contributed by atoms with E-state index >= 15 is 0 Å². The van der Waals surface area contributed by atoms with Crippen LogP contribution >= 0.6 is 0 Å². The minimum atomic E-state index is -0.259. The summed E-state index contributed by atoms with van der Waals surface area (Å²) in [6.07, 6.45) is 4.31. The Balaban J connectivity index is 1.78. The summed E-state index contributed by atoms with van der Waals surface area (Å²) in [5, 5.41) is 14.0. The van der Waals surface area contributed by atoms with E-state index in [9.17, 15) is 9.65 Å². The van der Waals surface area contributed by atoms with Crippen LogP contribution < -0.4 is 0 Å². The molecule has 3 nitrogen and oxygen atoms in total. The van der Waals surface area contributed by atoms with Crippen molar-refractivity contribution in [1.82, 2.24) is 9.78 Å². The van der Waals surface area contributed by atoms with Crippen molar-refractivity contribution in [3.05, 3.63) is 66.1 Å². The third kappa shape index (κ3) is 2.62. The number of nitrogens with zero attached hydrogens (tertiary/aromatic N) is 3. The third-order valence-corrected chi connectivity index (χ3v) is 4.12. The second-order valence-electron chi connectivity index (χ2n) is 5.79. The largest absolute Gasteiger partial charge is 0.269 e. The van der Waals surface area contributed by atoms with Crippen molar-refractivity contribution in [3.8, 4) is 28.5 Å². The van der Waals surface area contributed by atoms with E-state index in [0.717, 1.165) is 22.4 Å². The molecule has 0 aliphatic heterocycles. The van der Waals surface area contributed by atoms with E-state index in [1.807, 2.05) is 29.1 Å². The molecule has 1 heterocycles. The van der Waals surface area contributed by atoms with Crippen LogP contribution in [0.1, 0.15) is 24.4 Å². The number of hydrogen-bond acceptors (Lipinski definition) is 2. The number of rotatable bonds is 3. The lowest BCUT2D eigenvalue weighted by atomic mass is 9.98. The van der Waals surface area contributed by atoms with Gasteiger partial charge in [0, 0.05) is 11.8 Å². The fourth-order valence-corrected chi connectivity index (χ4v) is 2.70. The maximum Gasteiger partial charge on any atom is 0.123 e. The monoisotopic (exact) mass is 303 g/mol. The van der Waals surface area contributed by atoms with E-state index in [4.69, 9.17) is 0 Å². The predicted molar refractivity (Wildman–Crippen MR) is 86.0 cm³/mol. The van der Waals surface area contributed by atoms with E-state index in [1.165, 1.54) is 25.0 Å². The van der Waals surface area contributed by atoms with Gasteiger partial charge in [-0.25, -0.2) is 4.39 Å². The molecule has 1 fully saturated rings. The van der Waals surface area contributed by atoms with Gasteiger partial charge in [-0.15, -0.1) is 0 Å². The highest BCUT2D eigenvalue weighted by molar-refractivity contribution is 5.75. The van der Waals surface area contributed by atoms with Gasteiger partial charge in [-0.1, -0.05) is 18.2 Å². The minimum Gasteiger partial charge on any atom is -0.269 e. The minimum absolute atomic E-state index is 0.259. The first-order chi connectivity index (χ1) is 11.2. The lowest BCUT2D eigenvalue weighted by Gasteiger charge is -2.06. The topological polar surface area (TPSA) is 41.6 Å². The molecule has 3 aromatic rings. The van der Waals surface area contributed by atoms with Gasteiger partial charge in [0.1, 0.15) is 5.82 Å². The molecular formula is C19H14FN3. The predicted octanol–water partition coefficient (Wildman–Crippen LogP) is 4.56. The molecule has 0 radical (unpaired) electrons. The molecule has 0 spiro atoms. The highest BCUT2D eigenvalue weighted by atomic mass is 19.1. The normalized spacial score (nSPS) is 13.7. The van der Waals surface area contributed by atoms with Gasteiger partial charge in [0.05, 0.1) is 23.4 Å². The number of benzene rings is 2. The maximum atomic E-state index is 13.1. The van der Waals surface area contributed by atoms with E-state index in [1.54, 1.807) is 18.2 Å². The summed E-state index contributed by atoms with van der Waals surface area (Å²) in [7, 11) is 0. The van der Waals surface area contributed by atoms with E-state index in [-0.39, 0.29) is 5.82 Å². The molecule has 0 unspecified atom stereocenters. The molecule has 1 aliphatic rings. The van der Waals surface area contributed by atoms with Crippen LogP contribution in [-0.4, -0.2) is 9.78 Å². The van der Waals surface area contributed by atoms with Crippen molar-refractivity contribution in [1.29, 1.82) is 5.26 Å². The molecule has 0 amide bonds. The first-order valence-electron chi connectivity index (χ1n) is 7.60. The standard InChI is InChI=1S/C19H14FN3/c20-16-5-3-13(4-6-16)14-1-2-15(12-21)18(11-14)19-9-10-23(22-19)17-7-8-17/h1-6,9-11,17H,7-8H2. The number of hydrogen-bond donors (Lipinski definition) is 0. The van der Waals surface area contributed by atoms with Gasteiger partial charge in [0.2, 0.25) is 0 Å². The van der Waals surface area contributed by atoms with Crippen LogP contribution in [0.2, 0.25) is 0 Å². The lowest BCUT2D eigenvalue weighted by molar-refractivity contribution is 0.628. The SMILES string of the molecule is N#Cc1ccc(-c2ccc(F)cc2)cc1-c1ccn(C2CC2)n1. The molecule has 1 saturated carbocycles. The summed E-state index contributed by atoms with van der Waals surface area (Å²) in [4.78, 5) is 0. The van der Waals surface area contributed by atoms with Crippen LogP contribution in [0.25, 0.3) is 22.4 Å². The van der Waals surface area contributed by atoms with Crippen LogP contribution in [0.3, 0.4) is 0 Å². The maximum absolute atomic E-state index is 13.1. The quantitative estimate of drug-likeness (QED) is 0.711. The average Bonchev–Trinajstić information content (AvgIpc) is 3.32.